The van der Waals surface area contributed by atoms with E-state index in [-0.39, 0.29) is 10.8 Å². The van der Waals surface area contributed by atoms with Gasteiger partial charge < -0.3 is 0 Å². The average molecular weight is 267 g/mol. The summed E-state index contributed by atoms with van der Waals surface area (Å²) in [6.45, 7) is 11.3. The Hall–Kier alpha value is -0.490. The average Bonchev–Trinajstić information content (AvgIpc) is 2.29. The van der Waals surface area contributed by atoms with Gasteiger partial charge in [0.25, 0.3) is 0 Å². The number of hydrogen-bond donors (Lipinski definition) is 0. The lowest BCUT2D eigenvalue weighted by atomic mass is 9.80. The van der Waals surface area contributed by atoms with Crippen LogP contribution in [-0.4, -0.2) is 5.88 Å². The second-order valence-corrected chi connectivity index (χ2v) is 7.09. The zero-order chi connectivity index (χ0) is 13.8. The van der Waals surface area contributed by atoms with E-state index in [4.69, 9.17) is 11.6 Å². The highest BCUT2D eigenvalue weighted by Crippen LogP contribution is 2.30. The Morgan fingerprint density at radius 3 is 1.94 bits per heavy atom. The maximum Gasteiger partial charge on any atom is 0.0280 e. The number of benzene rings is 1. The van der Waals surface area contributed by atoms with Gasteiger partial charge in [-0.15, -0.1) is 11.6 Å². The minimum atomic E-state index is 0.234. The molecule has 0 saturated carbocycles. The van der Waals surface area contributed by atoms with Gasteiger partial charge in [-0.05, 0) is 34.8 Å². The van der Waals surface area contributed by atoms with Gasteiger partial charge in [0.2, 0.25) is 0 Å². The fourth-order valence-electron chi connectivity index (χ4n) is 2.42. The SMILES string of the molecule is CCCC(C)(CCl)Cc1ccc(C(C)(C)C)cc1. The molecule has 1 aromatic carbocycles. The molecule has 1 aromatic rings. The quantitative estimate of drug-likeness (QED) is 0.611. The predicted molar refractivity (Wildman–Crippen MR) is 82.6 cm³/mol. The van der Waals surface area contributed by atoms with Crippen molar-refractivity contribution in [1.82, 2.24) is 0 Å². The van der Waals surface area contributed by atoms with Crippen molar-refractivity contribution in [3.8, 4) is 0 Å². The zero-order valence-electron chi connectivity index (χ0n) is 12.5. The molecule has 1 heteroatoms. The van der Waals surface area contributed by atoms with E-state index < -0.39 is 0 Å². The van der Waals surface area contributed by atoms with Gasteiger partial charge in [0.05, 0.1) is 0 Å². The van der Waals surface area contributed by atoms with E-state index in [0.29, 0.717) is 0 Å². The molecule has 0 aliphatic carbocycles. The van der Waals surface area contributed by atoms with Crippen molar-refractivity contribution in [2.24, 2.45) is 5.41 Å². The summed E-state index contributed by atoms with van der Waals surface area (Å²) in [5.41, 5.74) is 3.27. The first kappa shape index (κ1) is 15.6. The molecule has 1 atom stereocenters. The second kappa shape index (κ2) is 6.10. The Morgan fingerprint density at radius 2 is 1.56 bits per heavy atom. The molecule has 0 heterocycles. The minimum absolute atomic E-state index is 0.234. The van der Waals surface area contributed by atoms with Crippen LogP contribution in [0.3, 0.4) is 0 Å². The molecule has 18 heavy (non-hydrogen) atoms. The molecule has 0 N–H and O–H groups in total. The van der Waals surface area contributed by atoms with Gasteiger partial charge >= 0.3 is 0 Å². The molecule has 0 bridgehead atoms. The summed E-state index contributed by atoms with van der Waals surface area (Å²) in [7, 11) is 0. The summed E-state index contributed by atoms with van der Waals surface area (Å²) in [6.07, 6.45) is 3.47. The molecule has 0 spiro atoms. The third kappa shape index (κ3) is 4.31. The summed E-state index contributed by atoms with van der Waals surface area (Å²) in [5, 5.41) is 0. The van der Waals surface area contributed by atoms with Crippen LogP contribution in [0.1, 0.15) is 58.6 Å². The molecule has 102 valence electrons. The molecule has 0 fully saturated rings. The zero-order valence-corrected chi connectivity index (χ0v) is 13.3. The van der Waals surface area contributed by atoms with Crippen molar-refractivity contribution < 1.29 is 0 Å². The summed E-state index contributed by atoms with van der Waals surface area (Å²) in [5.74, 6) is 0.738. The summed E-state index contributed by atoms with van der Waals surface area (Å²) < 4.78 is 0. The molecular formula is C17H27Cl. The van der Waals surface area contributed by atoms with Crippen LogP contribution in [0.5, 0.6) is 0 Å². The van der Waals surface area contributed by atoms with E-state index >= 15 is 0 Å². The van der Waals surface area contributed by atoms with Crippen LogP contribution in [0.4, 0.5) is 0 Å². The van der Waals surface area contributed by atoms with E-state index in [9.17, 15) is 0 Å². The first-order valence-corrected chi connectivity index (χ1v) is 7.49. The fourth-order valence-corrected chi connectivity index (χ4v) is 2.65. The van der Waals surface area contributed by atoms with Crippen molar-refractivity contribution >= 4 is 11.6 Å². The molecule has 0 saturated heterocycles. The molecular weight excluding hydrogens is 240 g/mol. The Morgan fingerprint density at radius 1 is 1.00 bits per heavy atom. The van der Waals surface area contributed by atoms with Crippen LogP contribution >= 0.6 is 11.6 Å². The van der Waals surface area contributed by atoms with Crippen LogP contribution in [0.25, 0.3) is 0 Å². The first-order chi connectivity index (χ1) is 8.30. The maximum atomic E-state index is 6.14. The molecule has 0 aromatic heterocycles. The van der Waals surface area contributed by atoms with Gasteiger partial charge in [-0.25, -0.2) is 0 Å². The second-order valence-electron chi connectivity index (χ2n) is 6.82. The predicted octanol–water partition coefficient (Wildman–Crippen LogP) is 5.57. The van der Waals surface area contributed by atoms with Crippen molar-refractivity contribution in [3.63, 3.8) is 0 Å². The summed E-state index contributed by atoms with van der Waals surface area (Å²) in [4.78, 5) is 0. The van der Waals surface area contributed by atoms with Gasteiger partial charge in [-0.1, -0.05) is 65.3 Å². The van der Waals surface area contributed by atoms with Crippen molar-refractivity contribution in [3.05, 3.63) is 35.4 Å². The van der Waals surface area contributed by atoms with E-state index in [1.807, 2.05) is 0 Å². The van der Waals surface area contributed by atoms with E-state index in [2.05, 4.69) is 58.9 Å². The van der Waals surface area contributed by atoms with E-state index in [1.54, 1.807) is 0 Å². The van der Waals surface area contributed by atoms with Crippen LogP contribution in [-0.2, 0) is 11.8 Å². The summed E-state index contributed by atoms with van der Waals surface area (Å²) >= 11 is 6.14. The van der Waals surface area contributed by atoms with Crippen LogP contribution < -0.4 is 0 Å². The lowest BCUT2D eigenvalue weighted by molar-refractivity contribution is 0.335. The molecule has 1 rings (SSSR count). The molecule has 0 amide bonds. The first-order valence-electron chi connectivity index (χ1n) is 6.96. The van der Waals surface area contributed by atoms with E-state index in [0.717, 1.165) is 12.3 Å². The molecule has 0 radical (unpaired) electrons. The smallest absolute Gasteiger partial charge is 0.0280 e. The molecule has 0 nitrogen and oxygen atoms in total. The Labute approximate surface area is 118 Å². The van der Waals surface area contributed by atoms with Crippen molar-refractivity contribution in [2.45, 2.75) is 59.3 Å². The highest BCUT2D eigenvalue weighted by Gasteiger charge is 2.23. The van der Waals surface area contributed by atoms with Gasteiger partial charge in [0.1, 0.15) is 0 Å². The van der Waals surface area contributed by atoms with Crippen LogP contribution in [0.15, 0.2) is 24.3 Å². The number of halogens is 1. The standard InChI is InChI=1S/C17H27Cl/c1-6-11-17(5,13-18)12-14-7-9-15(10-8-14)16(2,3)4/h7-10H,6,11-13H2,1-5H3. The van der Waals surface area contributed by atoms with Crippen molar-refractivity contribution in [1.29, 1.82) is 0 Å². The monoisotopic (exact) mass is 266 g/mol. The number of alkyl halides is 1. The molecule has 1 unspecified atom stereocenters. The number of rotatable bonds is 5. The Balaban J connectivity index is 2.80. The summed E-state index contributed by atoms with van der Waals surface area (Å²) in [6, 6.07) is 9.05. The van der Waals surface area contributed by atoms with Gasteiger partial charge in [0, 0.05) is 5.88 Å². The van der Waals surface area contributed by atoms with Crippen LogP contribution in [0.2, 0.25) is 0 Å². The van der Waals surface area contributed by atoms with Crippen LogP contribution in [0, 0.1) is 5.41 Å². The van der Waals surface area contributed by atoms with Gasteiger partial charge in [-0.3, -0.25) is 0 Å². The number of hydrogen-bond acceptors (Lipinski definition) is 0. The van der Waals surface area contributed by atoms with E-state index in [1.165, 1.54) is 24.0 Å². The van der Waals surface area contributed by atoms with Crippen molar-refractivity contribution in [2.75, 3.05) is 5.88 Å². The highest BCUT2D eigenvalue weighted by atomic mass is 35.5. The highest BCUT2D eigenvalue weighted by molar-refractivity contribution is 6.18. The third-order valence-electron chi connectivity index (χ3n) is 3.63. The lowest BCUT2D eigenvalue weighted by Crippen LogP contribution is -2.21. The fraction of sp³-hybridized carbons (Fsp3) is 0.647. The Bertz CT molecular complexity index is 358. The normalized spacial score (nSPS) is 15.4. The lowest BCUT2D eigenvalue weighted by Gasteiger charge is -2.27. The minimum Gasteiger partial charge on any atom is -0.126 e. The largest absolute Gasteiger partial charge is 0.126 e. The topological polar surface area (TPSA) is 0 Å². The molecule has 0 aliphatic rings. The van der Waals surface area contributed by atoms with Gasteiger partial charge in [-0.2, -0.15) is 0 Å². The Kier molecular flexibility index (Phi) is 5.28. The maximum absolute atomic E-state index is 6.14. The third-order valence-corrected chi connectivity index (χ3v) is 4.27. The van der Waals surface area contributed by atoms with Gasteiger partial charge in [0.15, 0.2) is 0 Å². The molecule has 0 aliphatic heterocycles.